The van der Waals surface area contributed by atoms with Crippen LogP contribution in [0.15, 0.2) is 24.3 Å². The summed E-state index contributed by atoms with van der Waals surface area (Å²) in [6.45, 7) is 7.48. The second-order valence-corrected chi connectivity index (χ2v) is 5.63. The van der Waals surface area contributed by atoms with E-state index in [0.29, 0.717) is 31.4 Å². The number of hydrogen-bond donors (Lipinski definition) is 2. The zero-order valence-corrected chi connectivity index (χ0v) is 12.7. The maximum absolute atomic E-state index is 11.9. The van der Waals surface area contributed by atoms with Crippen LogP contribution in [0, 0.1) is 11.8 Å². The second-order valence-electron chi connectivity index (χ2n) is 5.63. The van der Waals surface area contributed by atoms with Gasteiger partial charge in [0, 0.05) is 6.42 Å². The number of para-hydroxylation sites is 2. The van der Waals surface area contributed by atoms with E-state index in [1.54, 1.807) is 0 Å². The Morgan fingerprint density at radius 1 is 1.30 bits per heavy atom. The fraction of sp³-hybridized carbons (Fsp3) is 0.562. The number of hydrogen-bond acceptors (Lipinski definition) is 3. The summed E-state index contributed by atoms with van der Waals surface area (Å²) in [7, 11) is 0. The van der Waals surface area contributed by atoms with Crippen molar-refractivity contribution in [2.45, 2.75) is 33.6 Å². The van der Waals surface area contributed by atoms with E-state index in [1.165, 1.54) is 0 Å². The third-order valence-electron chi connectivity index (χ3n) is 3.00. The van der Waals surface area contributed by atoms with Crippen molar-refractivity contribution < 1.29 is 9.53 Å². The van der Waals surface area contributed by atoms with Crippen molar-refractivity contribution >= 4 is 11.6 Å². The van der Waals surface area contributed by atoms with Gasteiger partial charge in [0.15, 0.2) is 0 Å². The third kappa shape index (κ3) is 6.06. The van der Waals surface area contributed by atoms with E-state index < -0.39 is 0 Å². The average molecular weight is 278 g/mol. The lowest BCUT2D eigenvalue weighted by Crippen LogP contribution is -2.17. The molecule has 0 saturated carbocycles. The van der Waals surface area contributed by atoms with Gasteiger partial charge in [0.05, 0.1) is 12.3 Å². The number of nitrogens with one attached hydrogen (secondary N) is 1. The molecule has 1 unspecified atom stereocenters. The number of ether oxygens (including phenoxy) is 1. The minimum atomic E-state index is 0.00546. The highest BCUT2D eigenvalue weighted by Crippen LogP contribution is 2.24. The molecule has 1 aromatic carbocycles. The Labute approximate surface area is 121 Å². The highest BCUT2D eigenvalue weighted by Gasteiger charge is 2.09. The fourth-order valence-electron chi connectivity index (χ4n) is 1.66. The lowest BCUT2D eigenvalue weighted by molar-refractivity contribution is -0.116. The Kier molecular flexibility index (Phi) is 7.09. The van der Waals surface area contributed by atoms with Gasteiger partial charge in [0.25, 0.3) is 0 Å². The van der Waals surface area contributed by atoms with Crippen molar-refractivity contribution in [1.82, 2.24) is 0 Å². The van der Waals surface area contributed by atoms with Gasteiger partial charge in [-0.05, 0) is 36.9 Å². The summed E-state index contributed by atoms with van der Waals surface area (Å²) < 4.78 is 5.71. The predicted octanol–water partition coefficient (Wildman–Crippen LogP) is 3.03. The maximum atomic E-state index is 11.9. The van der Waals surface area contributed by atoms with E-state index >= 15 is 0 Å². The van der Waals surface area contributed by atoms with Crippen LogP contribution in [0.2, 0.25) is 0 Å². The number of nitrogens with two attached hydrogens (primary N) is 1. The average Bonchev–Trinajstić information content (AvgIpc) is 2.43. The molecule has 1 atom stereocenters. The van der Waals surface area contributed by atoms with Crippen LogP contribution in [0.1, 0.15) is 33.6 Å². The fourth-order valence-corrected chi connectivity index (χ4v) is 1.66. The van der Waals surface area contributed by atoms with E-state index in [0.717, 1.165) is 17.9 Å². The van der Waals surface area contributed by atoms with Crippen LogP contribution in [0.4, 0.5) is 5.69 Å². The molecule has 112 valence electrons. The third-order valence-corrected chi connectivity index (χ3v) is 3.00. The zero-order chi connectivity index (χ0) is 15.0. The van der Waals surface area contributed by atoms with Crippen LogP contribution >= 0.6 is 0 Å². The van der Waals surface area contributed by atoms with Crippen LogP contribution < -0.4 is 15.8 Å². The number of carbonyl (C=O) groups is 1. The molecular weight excluding hydrogens is 252 g/mol. The molecule has 1 aromatic rings. The Morgan fingerprint density at radius 2 is 2.00 bits per heavy atom. The van der Waals surface area contributed by atoms with Crippen molar-refractivity contribution in [3.8, 4) is 5.75 Å². The first-order valence-corrected chi connectivity index (χ1v) is 7.24. The number of carbonyl (C=O) groups excluding carboxylic acids is 1. The van der Waals surface area contributed by atoms with Gasteiger partial charge in [0.1, 0.15) is 5.75 Å². The minimum absolute atomic E-state index is 0.00546. The molecule has 0 fully saturated rings. The first kappa shape index (κ1) is 16.5. The Morgan fingerprint density at radius 3 is 2.65 bits per heavy atom. The molecule has 0 bridgehead atoms. The van der Waals surface area contributed by atoms with E-state index in [9.17, 15) is 4.79 Å². The van der Waals surface area contributed by atoms with Crippen molar-refractivity contribution in [1.29, 1.82) is 0 Å². The quantitative estimate of drug-likeness (QED) is 0.768. The van der Waals surface area contributed by atoms with Crippen LogP contribution in [-0.2, 0) is 4.79 Å². The molecule has 4 nitrogen and oxygen atoms in total. The topological polar surface area (TPSA) is 64.3 Å². The SMILES string of the molecule is CC(C)COc1ccccc1NC(=O)CCC(C)CN. The standard InChI is InChI=1S/C16H26N2O2/c1-12(2)11-20-15-7-5-4-6-14(15)18-16(19)9-8-13(3)10-17/h4-7,12-13H,8-11,17H2,1-3H3,(H,18,19). The molecule has 0 aliphatic carbocycles. The molecule has 4 heteroatoms. The van der Waals surface area contributed by atoms with Crippen LogP contribution in [0.25, 0.3) is 0 Å². The van der Waals surface area contributed by atoms with Crippen molar-refractivity contribution in [2.24, 2.45) is 17.6 Å². The molecule has 1 amide bonds. The summed E-state index contributed by atoms with van der Waals surface area (Å²) in [5, 5.41) is 2.91. The molecule has 0 aliphatic rings. The van der Waals surface area contributed by atoms with E-state index in [-0.39, 0.29) is 5.91 Å². The molecule has 1 rings (SSSR count). The van der Waals surface area contributed by atoms with Crippen molar-refractivity contribution in [3.63, 3.8) is 0 Å². The lowest BCUT2D eigenvalue weighted by Gasteiger charge is -2.14. The normalized spacial score (nSPS) is 12.2. The predicted molar refractivity (Wildman–Crippen MR) is 82.9 cm³/mol. The molecule has 0 heterocycles. The van der Waals surface area contributed by atoms with Crippen LogP contribution in [0.5, 0.6) is 5.75 Å². The van der Waals surface area contributed by atoms with Crippen molar-refractivity contribution in [3.05, 3.63) is 24.3 Å². The maximum Gasteiger partial charge on any atom is 0.224 e. The van der Waals surface area contributed by atoms with Gasteiger partial charge < -0.3 is 15.8 Å². The summed E-state index contributed by atoms with van der Waals surface area (Å²) in [6.07, 6.45) is 1.29. The zero-order valence-electron chi connectivity index (χ0n) is 12.7. The van der Waals surface area contributed by atoms with Gasteiger partial charge in [0.2, 0.25) is 5.91 Å². The molecule has 0 radical (unpaired) electrons. The molecule has 0 aliphatic heterocycles. The molecule has 0 saturated heterocycles. The lowest BCUT2D eigenvalue weighted by atomic mass is 10.1. The van der Waals surface area contributed by atoms with Crippen LogP contribution in [0.3, 0.4) is 0 Å². The first-order valence-electron chi connectivity index (χ1n) is 7.24. The summed E-state index contributed by atoms with van der Waals surface area (Å²) in [6, 6.07) is 7.53. The molecule has 0 spiro atoms. The van der Waals surface area contributed by atoms with E-state index in [2.05, 4.69) is 19.2 Å². The molecule has 3 N–H and O–H groups in total. The summed E-state index contributed by atoms with van der Waals surface area (Å²) >= 11 is 0. The van der Waals surface area contributed by atoms with Crippen LogP contribution in [-0.4, -0.2) is 19.1 Å². The van der Waals surface area contributed by atoms with Gasteiger partial charge in [-0.2, -0.15) is 0 Å². The highest BCUT2D eigenvalue weighted by atomic mass is 16.5. The summed E-state index contributed by atoms with van der Waals surface area (Å²) in [4.78, 5) is 11.9. The van der Waals surface area contributed by atoms with Gasteiger partial charge >= 0.3 is 0 Å². The van der Waals surface area contributed by atoms with Gasteiger partial charge in [-0.1, -0.05) is 32.9 Å². The van der Waals surface area contributed by atoms with E-state index in [4.69, 9.17) is 10.5 Å². The highest BCUT2D eigenvalue weighted by molar-refractivity contribution is 5.92. The van der Waals surface area contributed by atoms with E-state index in [1.807, 2.05) is 31.2 Å². The largest absolute Gasteiger partial charge is 0.491 e. The second kappa shape index (κ2) is 8.59. The van der Waals surface area contributed by atoms with Crippen molar-refractivity contribution in [2.75, 3.05) is 18.5 Å². The Balaban J connectivity index is 2.55. The molecule has 20 heavy (non-hydrogen) atoms. The summed E-state index contributed by atoms with van der Waals surface area (Å²) in [5.41, 5.74) is 6.29. The van der Waals surface area contributed by atoms with Gasteiger partial charge in [-0.3, -0.25) is 4.79 Å². The number of anilines is 1. The Bertz CT molecular complexity index is 419. The minimum Gasteiger partial charge on any atom is -0.491 e. The van der Waals surface area contributed by atoms with Gasteiger partial charge in [-0.25, -0.2) is 0 Å². The number of rotatable bonds is 8. The monoisotopic (exact) mass is 278 g/mol. The Hall–Kier alpha value is -1.55. The summed E-state index contributed by atoms with van der Waals surface area (Å²) in [5.74, 6) is 1.55. The number of benzene rings is 1. The molecular formula is C16H26N2O2. The van der Waals surface area contributed by atoms with Gasteiger partial charge in [-0.15, -0.1) is 0 Å². The molecule has 0 aromatic heterocycles. The smallest absolute Gasteiger partial charge is 0.224 e. The number of amides is 1. The first-order chi connectivity index (χ1) is 9.52.